The third kappa shape index (κ3) is 2.49. The third-order valence-corrected chi connectivity index (χ3v) is 3.39. The van der Waals surface area contributed by atoms with Crippen molar-refractivity contribution in [1.29, 1.82) is 0 Å². The van der Waals surface area contributed by atoms with Gasteiger partial charge in [-0.15, -0.1) is 0 Å². The predicted octanol–water partition coefficient (Wildman–Crippen LogP) is 3.82. The van der Waals surface area contributed by atoms with Gasteiger partial charge in [-0.1, -0.05) is 12.1 Å². The minimum Gasteiger partial charge on any atom is -0.374 e. The van der Waals surface area contributed by atoms with Gasteiger partial charge in [-0.3, -0.25) is 0 Å². The zero-order valence-electron chi connectivity index (χ0n) is 11.4. The first kappa shape index (κ1) is 13.3. The van der Waals surface area contributed by atoms with Crippen molar-refractivity contribution < 1.29 is 4.74 Å². The van der Waals surface area contributed by atoms with Crippen LogP contribution < -0.4 is 0 Å². The highest BCUT2D eigenvalue weighted by atomic mass is 32.1. The highest BCUT2D eigenvalue weighted by Crippen LogP contribution is 2.22. The lowest BCUT2D eigenvalue weighted by Crippen LogP contribution is -2.30. The van der Waals surface area contributed by atoms with Crippen molar-refractivity contribution in [3.8, 4) is 0 Å². The molecule has 1 aromatic heterocycles. The molecule has 0 spiro atoms. The highest BCUT2D eigenvalue weighted by Gasteiger charge is 2.20. The summed E-state index contributed by atoms with van der Waals surface area (Å²) in [5, 5.41) is 0. The number of para-hydroxylation sites is 1. The van der Waals surface area contributed by atoms with Crippen LogP contribution in [0.15, 0.2) is 18.2 Å². The summed E-state index contributed by atoms with van der Waals surface area (Å²) in [4.78, 5) is 3.25. The van der Waals surface area contributed by atoms with Crippen LogP contribution >= 0.6 is 12.2 Å². The van der Waals surface area contributed by atoms with E-state index < -0.39 is 0 Å². The first-order valence-corrected chi connectivity index (χ1v) is 6.67. The highest BCUT2D eigenvalue weighted by molar-refractivity contribution is 7.71. The summed E-state index contributed by atoms with van der Waals surface area (Å²) in [5.74, 6) is 0. The lowest BCUT2D eigenvalue weighted by Gasteiger charge is -2.25. The van der Waals surface area contributed by atoms with Crippen molar-refractivity contribution in [3.05, 3.63) is 28.5 Å². The maximum atomic E-state index is 5.77. The van der Waals surface area contributed by atoms with E-state index in [0.717, 1.165) is 16.8 Å². The van der Waals surface area contributed by atoms with Gasteiger partial charge in [0.25, 0.3) is 0 Å². The number of benzene rings is 1. The molecule has 0 aliphatic carbocycles. The van der Waals surface area contributed by atoms with Gasteiger partial charge in [-0.25, -0.2) is 0 Å². The van der Waals surface area contributed by atoms with Crippen LogP contribution in [-0.4, -0.2) is 21.8 Å². The fourth-order valence-electron chi connectivity index (χ4n) is 2.37. The average Bonchev–Trinajstić information content (AvgIpc) is 2.56. The number of H-pyrrole nitrogens is 1. The average molecular weight is 264 g/mol. The zero-order chi connectivity index (χ0) is 13.3. The maximum absolute atomic E-state index is 5.77. The second-order valence-electron chi connectivity index (χ2n) is 5.18. The number of aryl methyl sites for hydroxylation is 1. The molecule has 0 bridgehead atoms. The van der Waals surface area contributed by atoms with Crippen molar-refractivity contribution in [1.82, 2.24) is 9.55 Å². The van der Waals surface area contributed by atoms with E-state index in [1.807, 2.05) is 13.0 Å². The van der Waals surface area contributed by atoms with E-state index in [9.17, 15) is 0 Å². The molecule has 98 valence electrons. The van der Waals surface area contributed by atoms with E-state index in [2.05, 4.69) is 42.5 Å². The number of imidazole rings is 1. The molecule has 1 N–H and O–H groups in total. The van der Waals surface area contributed by atoms with E-state index in [-0.39, 0.29) is 5.60 Å². The van der Waals surface area contributed by atoms with Crippen molar-refractivity contribution >= 4 is 23.3 Å². The minimum atomic E-state index is -0.218. The number of aromatic amines is 1. The van der Waals surface area contributed by atoms with E-state index in [4.69, 9.17) is 17.0 Å². The Morgan fingerprint density at radius 1 is 1.39 bits per heavy atom. The SMILES string of the molecule is CCOC(C)(C)Cn1c(=S)[nH]c2cccc(C)c21. The molecule has 0 saturated heterocycles. The number of nitrogens with zero attached hydrogens (tertiary/aromatic N) is 1. The molecule has 0 radical (unpaired) electrons. The van der Waals surface area contributed by atoms with Crippen molar-refractivity contribution in [2.24, 2.45) is 0 Å². The van der Waals surface area contributed by atoms with Crippen LogP contribution in [0.3, 0.4) is 0 Å². The van der Waals surface area contributed by atoms with E-state index in [1.165, 1.54) is 11.1 Å². The zero-order valence-corrected chi connectivity index (χ0v) is 12.2. The Bertz CT molecular complexity index is 610. The molecule has 0 atom stereocenters. The van der Waals surface area contributed by atoms with Crippen molar-refractivity contribution in [2.45, 2.75) is 39.8 Å². The number of aromatic nitrogens is 2. The van der Waals surface area contributed by atoms with Crippen LogP contribution in [0.4, 0.5) is 0 Å². The molecule has 18 heavy (non-hydrogen) atoms. The van der Waals surface area contributed by atoms with Gasteiger partial charge in [0.2, 0.25) is 0 Å². The lowest BCUT2D eigenvalue weighted by atomic mass is 10.1. The third-order valence-electron chi connectivity index (χ3n) is 3.07. The number of hydrogen-bond donors (Lipinski definition) is 1. The van der Waals surface area contributed by atoms with Gasteiger partial charge in [0, 0.05) is 6.61 Å². The molecule has 1 aromatic carbocycles. The Balaban J connectivity index is 2.51. The van der Waals surface area contributed by atoms with Crippen molar-refractivity contribution in [3.63, 3.8) is 0 Å². The summed E-state index contributed by atoms with van der Waals surface area (Å²) in [6, 6.07) is 6.21. The van der Waals surface area contributed by atoms with Gasteiger partial charge in [0.15, 0.2) is 4.77 Å². The van der Waals surface area contributed by atoms with E-state index in [0.29, 0.717) is 6.61 Å². The Kier molecular flexibility index (Phi) is 3.59. The van der Waals surface area contributed by atoms with Gasteiger partial charge < -0.3 is 14.3 Å². The molecule has 0 aliphatic rings. The molecular weight excluding hydrogens is 244 g/mol. The van der Waals surface area contributed by atoms with Crippen LogP contribution in [-0.2, 0) is 11.3 Å². The van der Waals surface area contributed by atoms with Crippen LogP contribution in [0.1, 0.15) is 26.3 Å². The summed E-state index contributed by atoms with van der Waals surface area (Å²) in [6.07, 6.45) is 0. The monoisotopic (exact) mass is 264 g/mol. The topological polar surface area (TPSA) is 29.9 Å². The fraction of sp³-hybridized carbons (Fsp3) is 0.500. The second kappa shape index (κ2) is 4.86. The van der Waals surface area contributed by atoms with Crippen LogP contribution in [0.25, 0.3) is 11.0 Å². The number of rotatable bonds is 4. The summed E-state index contributed by atoms with van der Waals surface area (Å²) in [7, 11) is 0. The Morgan fingerprint density at radius 3 is 2.78 bits per heavy atom. The fourth-order valence-corrected chi connectivity index (χ4v) is 2.64. The predicted molar refractivity (Wildman–Crippen MR) is 77.6 cm³/mol. The first-order valence-electron chi connectivity index (χ1n) is 6.27. The Hall–Kier alpha value is -1.13. The number of nitrogens with one attached hydrogen (secondary N) is 1. The number of ether oxygens (including phenoxy) is 1. The molecule has 0 fully saturated rings. The second-order valence-corrected chi connectivity index (χ2v) is 5.57. The molecular formula is C14H20N2OS. The molecule has 0 amide bonds. The van der Waals surface area contributed by atoms with Crippen LogP contribution in [0.2, 0.25) is 0 Å². The van der Waals surface area contributed by atoms with Crippen molar-refractivity contribution in [2.75, 3.05) is 6.61 Å². The molecule has 1 heterocycles. The molecule has 2 rings (SSSR count). The summed E-state index contributed by atoms with van der Waals surface area (Å²) in [6.45, 7) is 9.77. The largest absolute Gasteiger partial charge is 0.374 e. The standard InChI is InChI=1S/C14H20N2OS/c1-5-17-14(3,4)9-16-12-10(2)7-6-8-11(12)15-13(16)18/h6-8H,5,9H2,1-4H3,(H,15,18). The molecule has 0 saturated carbocycles. The normalized spacial score (nSPS) is 12.2. The Labute approximate surface area is 113 Å². The van der Waals surface area contributed by atoms with E-state index >= 15 is 0 Å². The number of hydrogen-bond acceptors (Lipinski definition) is 2. The van der Waals surface area contributed by atoms with Gasteiger partial charge >= 0.3 is 0 Å². The first-order chi connectivity index (χ1) is 8.44. The number of fused-ring (bicyclic) bond motifs is 1. The summed E-state index contributed by atoms with van der Waals surface area (Å²) >= 11 is 5.42. The summed E-state index contributed by atoms with van der Waals surface area (Å²) in [5.41, 5.74) is 3.28. The molecule has 2 aromatic rings. The molecule has 0 unspecified atom stereocenters. The van der Waals surface area contributed by atoms with Gasteiger partial charge in [0.05, 0.1) is 23.2 Å². The maximum Gasteiger partial charge on any atom is 0.178 e. The van der Waals surface area contributed by atoms with E-state index in [1.54, 1.807) is 0 Å². The summed E-state index contributed by atoms with van der Waals surface area (Å²) < 4.78 is 8.66. The lowest BCUT2D eigenvalue weighted by molar-refractivity contribution is -0.0219. The Morgan fingerprint density at radius 2 is 2.11 bits per heavy atom. The van der Waals surface area contributed by atoms with Gasteiger partial charge in [-0.2, -0.15) is 0 Å². The smallest absolute Gasteiger partial charge is 0.178 e. The molecule has 0 aliphatic heterocycles. The minimum absolute atomic E-state index is 0.218. The van der Waals surface area contributed by atoms with Gasteiger partial charge in [-0.05, 0) is 51.5 Å². The quantitative estimate of drug-likeness (QED) is 0.851. The van der Waals surface area contributed by atoms with Gasteiger partial charge in [0.1, 0.15) is 0 Å². The van der Waals surface area contributed by atoms with Crippen LogP contribution in [0, 0.1) is 11.7 Å². The molecule has 3 nitrogen and oxygen atoms in total. The van der Waals surface area contributed by atoms with Crippen LogP contribution in [0.5, 0.6) is 0 Å². The molecule has 4 heteroatoms.